The first-order valence-electron chi connectivity index (χ1n) is 12.6. The maximum absolute atomic E-state index is 13.4. The largest absolute Gasteiger partial charge is 0.460 e. The number of aromatic nitrogens is 4. The molecule has 0 saturated carbocycles. The Morgan fingerprint density at radius 1 is 1.00 bits per heavy atom. The van der Waals surface area contributed by atoms with Crippen molar-refractivity contribution in [3.63, 3.8) is 0 Å². The van der Waals surface area contributed by atoms with Crippen LogP contribution in [0.2, 0.25) is 0 Å². The lowest BCUT2D eigenvalue weighted by molar-refractivity contribution is 0.0552. The highest BCUT2D eigenvalue weighted by Gasteiger charge is 2.30. The summed E-state index contributed by atoms with van der Waals surface area (Å²) < 4.78 is 7.33. The SMILES string of the molecule is Cc1ccc(-c2ccnc(-n3ncc(C(=O)N4CCN([C@@H]5CCc6ccccc6C5)CC4)c3C)n2)o1. The van der Waals surface area contributed by atoms with Gasteiger partial charge in [-0.3, -0.25) is 9.69 Å². The van der Waals surface area contributed by atoms with Crippen molar-refractivity contribution in [2.24, 2.45) is 0 Å². The van der Waals surface area contributed by atoms with E-state index in [4.69, 9.17) is 4.42 Å². The number of hydrogen-bond donors (Lipinski definition) is 0. The standard InChI is InChI=1S/C28H30N6O2/c1-19-7-10-26(36-19)25-11-12-29-28(31-25)34-20(2)24(18-30-34)27(35)33-15-13-32(14-16-33)23-9-8-21-5-3-4-6-22(21)17-23/h3-7,10-12,18,23H,8-9,13-17H2,1-2H3/t23-/m1/s1. The maximum atomic E-state index is 13.4. The van der Waals surface area contributed by atoms with E-state index in [9.17, 15) is 4.79 Å². The van der Waals surface area contributed by atoms with Crippen molar-refractivity contribution in [3.05, 3.63) is 83.0 Å². The number of rotatable bonds is 4. The van der Waals surface area contributed by atoms with E-state index < -0.39 is 0 Å². The molecule has 0 bridgehead atoms. The fraction of sp³-hybridized carbons (Fsp3) is 0.357. The summed E-state index contributed by atoms with van der Waals surface area (Å²) in [4.78, 5) is 26.9. The first-order chi connectivity index (χ1) is 17.6. The highest BCUT2D eigenvalue weighted by atomic mass is 16.3. The molecule has 1 aliphatic heterocycles. The van der Waals surface area contributed by atoms with Gasteiger partial charge in [0.2, 0.25) is 0 Å². The van der Waals surface area contributed by atoms with Crippen molar-refractivity contribution in [1.29, 1.82) is 0 Å². The van der Waals surface area contributed by atoms with E-state index >= 15 is 0 Å². The zero-order chi connectivity index (χ0) is 24.6. The molecule has 1 aliphatic carbocycles. The molecule has 1 atom stereocenters. The Morgan fingerprint density at radius 3 is 2.58 bits per heavy atom. The van der Waals surface area contributed by atoms with Crippen molar-refractivity contribution in [3.8, 4) is 17.4 Å². The fourth-order valence-corrected chi connectivity index (χ4v) is 5.43. The number of nitrogens with zero attached hydrogens (tertiary/aromatic N) is 6. The molecule has 4 aromatic rings. The molecule has 3 aromatic heterocycles. The van der Waals surface area contributed by atoms with Crippen LogP contribution >= 0.6 is 0 Å². The van der Waals surface area contributed by atoms with Gasteiger partial charge in [-0.05, 0) is 62.4 Å². The van der Waals surface area contributed by atoms with E-state index in [-0.39, 0.29) is 5.91 Å². The maximum Gasteiger partial charge on any atom is 0.257 e. The highest BCUT2D eigenvalue weighted by Crippen LogP contribution is 2.26. The Morgan fingerprint density at radius 2 is 1.81 bits per heavy atom. The summed E-state index contributed by atoms with van der Waals surface area (Å²) in [5, 5.41) is 4.45. The minimum Gasteiger partial charge on any atom is -0.460 e. The third-order valence-corrected chi connectivity index (χ3v) is 7.50. The van der Waals surface area contributed by atoms with Gasteiger partial charge in [-0.15, -0.1) is 0 Å². The molecule has 8 heteroatoms. The monoisotopic (exact) mass is 482 g/mol. The molecular weight excluding hydrogens is 452 g/mol. The van der Waals surface area contributed by atoms with Gasteiger partial charge in [0.15, 0.2) is 5.76 Å². The van der Waals surface area contributed by atoms with Crippen LogP contribution in [0.4, 0.5) is 0 Å². The van der Waals surface area contributed by atoms with Crippen molar-refractivity contribution in [2.45, 2.75) is 39.2 Å². The van der Waals surface area contributed by atoms with Crippen molar-refractivity contribution in [2.75, 3.05) is 26.2 Å². The van der Waals surface area contributed by atoms with E-state index in [1.165, 1.54) is 17.5 Å². The summed E-state index contributed by atoms with van der Waals surface area (Å²) in [6.45, 7) is 7.05. The fourth-order valence-electron chi connectivity index (χ4n) is 5.43. The van der Waals surface area contributed by atoms with Gasteiger partial charge in [-0.2, -0.15) is 5.10 Å². The number of furan rings is 1. The van der Waals surface area contributed by atoms with Crippen LogP contribution in [-0.2, 0) is 12.8 Å². The summed E-state index contributed by atoms with van der Waals surface area (Å²) in [6.07, 6.45) is 6.75. The smallest absolute Gasteiger partial charge is 0.257 e. The minimum absolute atomic E-state index is 0.0187. The minimum atomic E-state index is 0.0187. The van der Waals surface area contributed by atoms with Gasteiger partial charge in [0.25, 0.3) is 11.9 Å². The number of fused-ring (bicyclic) bond motifs is 1. The van der Waals surface area contributed by atoms with E-state index in [1.807, 2.05) is 30.9 Å². The Kier molecular flexibility index (Phi) is 5.89. The molecule has 1 amide bonds. The molecule has 2 aliphatic rings. The van der Waals surface area contributed by atoms with Crippen LogP contribution in [0.15, 0.2) is 59.3 Å². The van der Waals surface area contributed by atoms with Crippen molar-refractivity contribution in [1.82, 2.24) is 29.5 Å². The second-order valence-electron chi connectivity index (χ2n) is 9.70. The lowest BCUT2D eigenvalue weighted by Gasteiger charge is -2.41. The predicted molar refractivity (Wildman–Crippen MR) is 136 cm³/mol. The third-order valence-electron chi connectivity index (χ3n) is 7.50. The molecule has 36 heavy (non-hydrogen) atoms. The molecule has 4 heterocycles. The lowest BCUT2D eigenvalue weighted by atomic mass is 9.87. The van der Waals surface area contributed by atoms with E-state index in [0.717, 1.165) is 50.5 Å². The number of amides is 1. The van der Waals surface area contributed by atoms with Gasteiger partial charge >= 0.3 is 0 Å². The Bertz CT molecular complexity index is 1400. The van der Waals surface area contributed by atoms with Gasteiger partial charge < -0.3 is 9.32 Å². The lowest BCUT2D eigenvalue weighted by Crippen LogP contribution is -2.53. The van der Waals surface area contributed by atoms with Crippen molar-refractivity contribution >= 4 is 5.91 Å². The number of piperazine rings is 1. The molecule has 1 fully saturated rings. The quantitative estimate of drug-likeness (QED) is 0.440. The molecule has 0 unspecified atom stereocenters. The van der Waals surface area contributed by atoms with E-state index in [2.05, 4.69) is 44.2 Å². The molecular formula is C28H30N6O2. The Balaban J connectivity index is 1.13. The summed E-state index contributed by atoms with van der Waals surface area (Å²) in [5.74, 6) is 1.93. The van der Waals surface area contributed by atoms with Crippen LogP contribution < -0.4 is 0 Å². The number of aryl methyl sites for hydroxylation is 2. The highest BCUT2D eigenvalue weighted by molar-refractivity contribution is 5.95. The molecule has 6 rings (SSSR count). The molecule has 1 saturated heterocycles. The number of carbonyl (C=O) groups is 1. The number of benzene rings is 1. The second-order valence-corrected chi connectivity index (χ2v) is 9.70. The zero-order valence-corrected chi connectivity index (χ0v) is 20.7. The summed E-state index contributed by atoms with van der Waals surface area (Å²) in [5.41, 5.74) is 4.97. The van der Waals surface area contributed by atoms with Crippen LogP contribution in [0.1, 0.15) is 39.4 Å². The topological polar surface area (TPSA) is 80.3 Å². The van der Waals surface area contributed by atoms with Crippen LogP contribution in [0, 0.1) is 13.8 Å². The zero-order valence-electron chi connectivity index (χ0n) is 20.7. The average Bonchev–Trinajstić information content (AvgIpc) is 3.53. The van der Waals surface area contributed by atoms with Gasteiger partial charge in [0, 0.05) is 38.4 Å². The molecule has 0 radical (unpaired) electrons. The van der Waals surface area contributed by atoms with E-state index in [1.54, 1.807) is 23.1 Å². The van der Waals surface area contributed by atoms with Crippen LogP contribution in [0.3, 0.4) is 0 Å². The Hall–Kier alpha value is -3.78. The van der Waals surface area contributed by atoms with Crippen LogP contribution in [-0.4, -0.2) is 67.7 Å². The van der Waals surface area contributed by atoms with Crippen LogP contribution in [0.5, 0.6) is 0 Å². The Labute approximate surface area is 210 Å². The molecule has 8 nitrogen and oxygen atoms in total. The first kappa shape index (κ1) is 22.7. The molecule has 184 valence electrons. The molecule has 0 N–H and O–H groups in total. The van der Waals surface area contributed by atoms with Gasteiger partial charge in [0.05, 0.1) is 17.5 Å². The normalized spacial score (nSPS) is 18.3. The van der Waals surface area contributed by atoms with Crippen molar-refractivity contribution < 1.29 is 9.21 Å². The van der Waals surface area contributed by atoms with Gasteiger partial charge in [-0.25, -0.2) is 14.6 Å². The third kappa shape index (κ3) is 4.22. The summed E-state index contributed by atoms with van der Waals surface area (Å²) in [6, 6.07) is 14.9. The number of hydrogen-bond acceptors (Lipinski definition) is 6. The average molecular weight is 483 g/mol. The summed E-state index contributed by atoms with van der Waals surface area (Å²) >= 11 is 0. The number of carbonyl (C=O) groups excluding carboxylic acids is 1. The predicted octanol–water partition coefficient (Wildman–Crippen LogP) is 3.85. The molecule has 1 aromatic carbocycles. The summed E-state index contributed by atoms with van der Waals surface area (Å²) in [7, 11) is 0. The van der Waals surface area contributed by atoms with Gasteiger partial charge in [-0.1, -0.05) is 24.3 Å². The van der Waals surface area contributed by atoms with E-state index in [0.29, 0.717) is 29.0 Å². The second kappa shape index (κ2) is 9.35. The molecule has 0 spiro atoms. The van der Waals surface area contributed by atoms with Gasteiger partial charge in [0.1, 0.15) is 11.5 Å². The van der Waals surface area contributed by atoms with Crippen LogP contribution in [0.25, 0.3) is 17.4 Å². The first-order valence-corrected chi connectivity index (χ1v) is 12.6.